The van der Waals surface area contributed by atoms with Gasteiger partial charge in [-0.2, -0.15) is 0 Å². The fraction of sp³-hybridized carbons (Fsp3) is 0.308. The number of benzene rings is 2. The number of fused-ring (bicyclic) bond motifs is 1. The van der Waals surface area contributed by atoms with Crippen molar-refractivity contribution in [3.63, 3.8) is 0 Å². The van der Waals surface area contributed by atoms with E-state index in [2.05, 4.69) is 15.6 Å². The van der Waals surface area contributed by atoms with E-state index >= 15 is 0 Å². The number of nitrogens with one attached hydrogen (secondary N) is 3. The predicted molar refractivity (Wildman–Crippen MR) is 128 cm³/mol. The molecule has 0 aliphatic heterocycles. The maximum absolute atomic E-state index is 13.3. The number of aromatic nitrogens is 1. The smallest absolute Gasteiger partial charge is 0.224 e. The zero-order chi connectivity index (χ0) is 24.7. The average Bonchev–Trinajstić information content (AvgIpc) is 3.20. The molecule has 8 nitrogen and oxygen atoms in total. The molecule has 0 unspecified atom stereocenters. The summed E-state index contributed by atoms with van der Waals surface area (Å²) in [5, 5.41) is 15.8. The highest BCUT2D eigenvalue weighted by molar-refractivity contribution is 5.94. The number of aromatic amines is 1. The number of H-pyrrole nitrogens is 1. The number of phenolic OH excluding ortho intramolecular Hbond substituents is 1. The molecule has 0 saturated heterocycles. The molecule has 1 heterocycles. The number of hydrogen-bond donors (Lipinski definition) is 4. The normalized spacial score (nSPS) is 12.6. The highest BCUT2D eigenvalue weighted by Crippen LogP contribution is 2.23. The Labute approximate surface area is 197 Å². The van der Waals surface area contributed by atoms with E-state index in [0.29, 0.717) is 6.42 Å². The van der Waals surface area contributed by atoms with Crippen LogP contribution in [0.25, 0.3) is 10.9 Å². The quantitative estimate of drug-likeness (QED) is 0.347. The minimum absolute atomic E-state index is 0.104. The summed E-state index contributed by atoms with van der Waals surface area (Å²) in [5.74, 6) is -1.83. The Bertz CT molecular complexity index is 1180. The Kier molecular flexibility index (Phi) is 8.19. The van der Waals surface area contributed by atoms with E-state index in [9.17, 15) is 24.3 Å². The number of ketones is 2. The summed E-state index contributed by atoms with van der Waals surface area (Å²) in [6.07, 6.45) is 2.24. The van der Waals surface area contributed by atoms with Crippen molar-refractivity contribution in [3.05, 3.63) is 65.9 Å². The lowest BCUT2D eigenvalue weighted by Crippen LogP contribution is -2.44. The number of rotatable bonds is 11. The van der Waals surface area contributed by atoms with Crippen molar-refractivity contribution in [1.82, 2.24) is 15.6 Å². The number of Topliss-reactive ketones (excluding diaryl/α,β-unsaturated/α-hetero) is 2. The third-order valence-electron chi connectivity index (χ3n) is 5.61. The zero-order valence-electron chi connectivity index (χ0n) is 19.3. The first-order chi connectivity index (χ1) is 16.2. The number of hydrogen-bond acceptors (Lipinski definition) is 5. The summed E-state index contributed by atoms with van der Waals surface area (Å²) >= 11 is 0. The second-order valence-electron chi connectivity index (χ2n) is 8.47. The predicted octanol–water partition coefficient (Wildman–Crippen LogP) is 2.44. The molecule has 1 aromatic heterocycles. The number of phenols is 1. The van der Waals surface area contributed by atoms with Crippen molar-refractivity contribution in [2.45, 2.75) is 39.2 Å². The lowest BCUT2D eigenvalue weighted by atomic mass is 9.89. The van der Waals surface area contributed by atoms with Crippen LogP contribution in [0.4, 0.5) is 0 Å². The van der Waals surface area contributed by atoms with Crippen LogP contribution in [-0.4, -0.2) is 46.1 Å². The molecule has 4 N–H and O–H groups in total. The van der Waals surface area contributed by atoms with Gasteiger partial charge in [0, 0.05) is 36.4 Å². The molecular formula is C26H29N3O5. The van der Waals surface area contributed by atoms with Crippen molar-refractivity contribution in [2.24, 2.45) is 5.92 Å². The van der Waals surface area contributed by atoms with Gasteiger partial charge in [-0.15, -0.1) is 0 Å². The van der Waals surface area contributed by atoms with Crippen LogP contribution in [0, 0.1) is 5.92 Å². The Hall–Kier alpha value is -3.94. The van der Waals surface area contributed by atoms with Gasteiger partial charge in [0.05, 0.1) is 12.6 Å². The molecular weight excluding hydrogens is 434 g/mol. The van der Waals surface area contributed by atoms with E-state index in [0.717, 1.165) is 22.0 Å². The van der Waals surface area contributed by atoms with E-state index < -0.39 is 12.0 Å². The van der Waals surface area contributed by atoms with Crippen LogP contribution in [-0.2, 0) is 32.0 Å². The monoisotopic (exact) mass is 463 g/mol. The maximum Gasteiger partial charge on any atom is 0.224 e. The first kappa shape index (κ1) is 24.7. The van der Waals surface area contributed by atoms with Gasteiger partial charge in [-0.25, -0.2) is 0 Å². The summed E-state index contributed by atoms with van der Waals surface area (Å²) < 4.78 is 0. The summed E-state index contributed by atoms with van der Waals surface area (Å²) in [5.41, 5.74) is 2.58. The van der Waals surface area contributed by atoms with Crippen LogP contribution in [0.1, 0.15) is 31.4 Å². The average molecular weight is 464 g/mol. The molecule has 0 aliphatic rings. The van der Waals surface area contributed by atoms with Crippen molar-refractivity contribution in [2.75, 3.05) is 6.54 Å². The molecule has 2 aromatic carbocycles. The van der Waals surface area contributed by atoms with Crippen LogP contribution in [0.15, 0.2) is 54.7 Å². The molecule has 2 atom stereocenters. The first-order valence-corrected chi connectivity index (χ1v) is 11.1. The fourth-order valence-electron chi connectivity index (χ4n) is 3.92. The highest BCUT2D eigenvalue weighted by Gasteiger charge is 2.28. The van der Waals surface area contributed by atoms with Gasteiger partial charge in [-0.05, 0) is 49.1 Å². The molecule has 3 aromatic rings. The van der Waals surface area contributed by atoms with Crippen LogP contribution < -0.4 is 10.6 Å². The van der Waals surface area contributed by atoms with Gasteiger partial charge in [0.25, 0.3) is 0 Å². The Morgan fingerprint density at radius 1 is 0.971 bits per heavy atom. The van der Waals surface area contributed by atoms with E-state index in [1.807, 2.05) is 30.5 Å². The van der Waals surface area contributed by atoms with Crippen LogP contribution in [0.3, 0.4) is 0 Å². The van der Waals surface area contributed by atoms with E-state index in [4.69, 9.17) is 0 Å². The summed E-state index contributed by atoms with van der Waals surface area (Å²) in [4.78, 5) is 52.6. The van der Waals surface area contributed by atoms with Gasteiger partial charge in [-0.1, -0.05) is 30.3 Å². The fourth-order valence-corrected chi connectivity index (χ4v) is 3.92. The van der Waals surface area contributed by atoms with Crippen molar-refractivity contribution >= 4 is 34.3 Å². The molecule has 178 valence electrons. The molecule has 8 heteroatoms. The molecule has 0 fully saturated rings. The number of carbonyl (C=O) groups is 4. The lowest BCUT2D eigenvalue weighted by molar-refractivity contribution is -0.132. The molecule has 0 saturated carbocycles. The summed E-state index contributed by atoms with van der Waals surface area (Å²) in [6.45, 7) is 2.60. The lowest BCUT2D eigenvalue weighted by Gasteiger charge is -2.21. The van der Waals surface area contributed by atoms with Gasteiger partial charge in [0.2, 0.25) is 11.8 Å². The van der Waals surface area contributed by atoms with Crippen molar-refractivity contribution in [1.29, 1.82) is 0 Å². The third kappa shape index (κ3) is 6.78. The zero-order valence-corrected chi connectivity index (χ0v) is 19.3. The van der Waals surface area contributed by atoms with Crippen molar-refractivity contribution in [3.8, 4) is 5.75 Å². The largest absolute Gasteiger partial charge is 0.508 e. The van der Waals surface area contributed by atoms with E-state index in [-0.39, 0.29) is 48.5 Å². The van der Waals surface area contributed by atoms with Gasteiger partial charge in [-0.3, -0.25) is 19.2 Å². The minimum Gasteiger partial charge on any atom is -0.508 e. The molecule has 0 spiro atoms. The van der Waals surface area contributed by atoms with Gasteiger partial charge in [0.1, 0.15) is 11.5 Å². The van der Waals surface area contributed by atoms with Crippen LogP contribution in [0.5, 0.6) is 5.75 Å². The maximum atomic E-state index is 13.3. The number of carbonyl (C=O) groups excluding carboxylic acids is 4. The Morgan fingerprint density at radius 3 is 2.35 bits per heavy atom. The van der Waals surface area contributed by atoms with Crippen molar-refractivity contribution < 1.29 is 24.3 Å². The Balaban J connectivity index is 1.82. The van der Waals surface area contributed by atoms with Gasteiger partial charge < -0.3 is 20.7 Å². The minimum atomic E-state index is -0.826. The molecule has 34 heavy (non-hydrogen) atoms. The third-order valence-corrected chi connectivity index (χ3v) is 5.61. The summed E-state index contributed by atoms with van der Waals surface area (Å²) in [6, 6.07) is 13.2. The SMILES string of the molecule is CC(=O)CNC(=O)[C@@H](CC(=O)[C@H](Cc1ccc(O)cc1)NC(C)=O)Cc1c[nH]c2ccccc12. The van der Waals surface area contributed by atoms with E-state index in [1.54, 1.807) is 12.1 Å². The standard InChI is InChI=1S/C26H29N3O5/c1-16(30)14-28-26(34)19(12-20-15-27-23-6-4-3-5-22(20)23)13-25(33)24(29-17(2)31)11-18-7-9-21(32)10-8-18/h3-10,15,19,24,27,32H,11-14H2,1-2H3,(H,28,34)(H,29,31)/t19-,24+/m1/s1. The highest BCUT2D eigenvalue weighted by atomic mass is 16.3. The molecule has 2 amide bonds. The molecule has 0 radical (unpaired) electrons. The second-order valence-corrected chi connectivity index (χ2v) is 8.47. The first-order valence-electron chi connectivity index (χ1n) is 11.1. The van der Waals surface area contributed by atoms with Crippen LogP contribution in [0.2, 0.25) is 0 Å². The Morgan fingerprint density at radius 2 is 1.68 bits per heavy atom. The number of amides is 2. The second kappa shape index (κ2) is 11.3. The van der Waals surface area contributed by atoms with Gasteiger partial charge in [0.15, 0.2) is 5.78 Å². The van der Waals surface area contributed by atoms with Gasteiger partial charge >= 0.3 is 0 Å². The molecule has 0 bridgehead atoms. The number of aromatic hydroxyl groups is 1. The number of para-hydroxylation sites is 1. The molecule has 0 aliphatic carbocycles. The van der Waals surface area contributed by atoms with E-state index in [1.165, 1.54) is 26.0 Å². The summed E-state index contributed by atoms with van der Waals surface area (Å²) in [7, 11) is 0. The topological polar surface area (TPSA) is 128 Å². The molecule has 3 rings (SSSR count). The van der Waals surface area contributed by atoms with Crippen LogP contribution >= 0.6 is 0 Å².